The van der Waals surface area contributed by atoms with Crippen molar-refractivity contribution >= 4 is 11.3 Å². The van der Waals surface area contributed by atoms with Crippen LogP contribution in [0.5, 0.6) is 0 Å². The summed E-state index contributed by atoms with van der Waals surface area (Å²) in [6.07, 6.45) is 10.6. The van der Waals surface area contributed by atoms with E-state index < -0.39 is 0 Å². The van der Waals surface area contributed by atoms with Crippen molar-refractivity contribution in [2.45, 2.75) is 69.9 Å². The zero-order valence-electron chi connectivity index (χ0n) is 14.0. The van der Waals surface area contributed by atoms with Crippen LogP contribution in [0.25, 0.3) is 0 Å². The summed E-state index contributed by atoms with van der Waals surface area (Å²) >= 11 is 1.82. The van der Waals surface area contributed by atoms with Crippen LogP contribution in [0.2, 0.25) is 0 Å². The third kappa shape index (κ3) is 4.30. The van der Waals surface area contributed by atoms with E-state index in [0.29, 0.717) is 11.6 Å². The zero-order chi connectivity index (χ0) is 15.1. The summed E-state index contributed by atoms with van der Waals surface area (Å²) < 4.78 is 0. The van der Waals surface area contributed by atoms with Gasteiger partial charge in [-0.05, 0) is 68.7 Å². The maximum atomic E-state index is 3.89. The maximum absolute atomic E-state index is 3.89. The van der Waals surface area contributed by atoms with Crippen molar-refractivity contribution < 1.29 is 0 Å². The van der Waals surface area contributed by atoms with Crippen LogP contribution in [-0.4, -0.2) is 37.1 Å². The third-order valence-electron chi connectivity index (χ3n) is 5.17. The molecule has 0 aromatic carbocycles. The van der Waals surface area contributed by atoms with Crippen molar-refractivity contribution in [2.24, 2.45) is 0 Å². The number of thiophene rings is 1. The second-order valence-electron chi connectivity index (χ2n) is 6.75. The van der Waals surface area contributed by atoms with Gasteiger partial charge in [0.25, 0.3) is 0 Å². The number of hydrogen-bond acceptors (Lipinski definition) is 3. The molecule has 1 N–H and O–H groups in total. The van der Waals surface area contributed by atoms with Gasteiger partial charge in [0, 0.05) is 11.6 Å². The fraction of sp³-hybridized carbons (Fsp3) is 0.778. The van der Waals surface area contributed by atoms with E-state index in [1.807, 2.05) is 11.3 Å². The molecular weight excluding hydrogens is 276 g/mol. The van der Waals surface area contributed by atoms with Crippen LogP contribution in [-0.2, 0) is 6.42 Å². The second-order valence-corrected chi connectivity index (χ2v) is 7.53. The maximum Gasteiger partial charge on any atom is 0.0359 e. The lowest BCUT2D eigenvalue weighted by Gasteiger charge is -2.46. The molecule has 120 valence electrons. The summed E-state index contributed by atoms with van der Waals surface area (Å²) in [5.74, 6) is 0. The van der Waals surface area contributed by atoms with E-state index >= 15 is 0 Å². The number of nitrogens with one attached hydrogen (secondary N) is 1. The second kappa shape index (κ2) is 8.30. The highest BCUT2D eigenvalue weighted by Gasteiger charge is 2.40. The molecule has 1 atom stereocenters. The number of hydrogen-bond donors (Lipinski definition) is 1. The lowest BCUT2D eigenvalue weighted by atomic mass is 9.78. The van der Waals surface area contributed by atoms with Crippen LogP contribution in [0.15, 0.2) is 16.8 Å². The fourth-order valence-electron chi connectivity index (χ4n) is 3.86. The molecule has 1 aromatic rings. The first-order valence-electron chi connectivity index (χ1n) is 8.61. The Hall–Kier alpha value is -0.380. The minimum absolute atomic E-state index is 0.327. The smallest absolute Gasteiger partial charge is 0.0359 e. The summed E-state index contributed by atoms with van der Waals surface area (Å²) in [6, 6.07) is 2.87. The Morgan fingerprint density at radius 1 is 1.24 bits per heavy atom. The number of rotatable bonds is 7. The predicted octanol–water partition coefficient (Wildman–Crippen LogP) is 4.31. The molecule has 1 aliphatic carbocycles. The summed E-state index contributed by atoms with van der Waals surface area (Å²) in [7, 11) is 4.58. The highest BCUT2D eigenvalue weighted by atomic mass is 32.1. The highest BCUT2D eigenvalue weighted by Crippen LogP contribution is 2.35. The van der Waals surface area contributed by atoms with E-state index in [-0.39, 0.29) is 0 Å². The normalized spacial score (nSPS) is 20.4. The molecule has 1 fully saturated rings. The van der Waals surface area contributed by atoms with Gasteiger partial charge in [0.2, 0.25) is 0 Å². The molecule has 0 radical (unpaired) electrons. The summed E-state index contributed by atoms with van der Waals surface area (Å²) in [5.41, 5.74) is 1.83. The van der Waals surface area contributed by atoms with E-state index in [2.05, 4.69) is 48.1 Å². The first kappa shape index (κ1) is 17.0. The lowest BCUT2D eigenvalue weighted by molar-refractivity contribution is 0.0801. The largest absolute Gasteiger partial charge is 0.312 e. The monoisotopic (exact) mass is 308 g/mol. The van der Waals surface area contributed by atoms with Crippen LogP contribution in [0.4, 0.5) is 0 Å². The molecule has 1 unspecified atom stereocenters. The average molecular weight is 309 g/mol. The van der Waals surface area contributed by atoms with Crippen molar-refractivity contribution in [3.8, 4) is 0 Å². The molecule has 1 aliphatic rings. The molecule has 0 saturated heterocycles. The zero-order valence-corrected chi connectivity index (χ0v) is 14.8. The van der Waals surface area contributed by atoms with Gasteiger partial charge in [-0.3, -0.25) is 0 Å². The fourth-order valence-corrected chi connectivity index (χ4v) is 4.54. The Morgan fingerprint density at radius 2 is 1.95 bits per heavy atom. The molecule has 0 amide bonds. The molecule has 2 rings (SSSR count). The minimum Gasteiger partial charge on any atom is -0.312 e. The molecule has 1 heterocycles. The van der Waals surface area contributed by atoms with Crippen LogP contribution in [0.1, 0.15) is 57.4 Å². The molecular formula is C18H32N2S. The van der Waals surface area contributed by atoms with Gasteiger partial charge in [-0.2, -0.15) is 11.3 Å². The Labute approximate surface area is 134 Å². The van der Waals surface area contributed by atoms with E-state index in [4.69, 9.17) is 0 Å². The first-order chi connectivity index (χ1) is 10.2. The van der Waals surface area contributed by atoms with Crippen molar-refractivity contribution in [3.63, 3.8) is 0 Å². The molecule has 0 aliphatic heterocycles. The third-order valence-corrected chi connectivity index (χ3v) is 5.90. The van der Waals surface area contributed by atoms with E-state index in [1.54, 1.807) is 0 Å². The SMILES string of the molecule is CCCNC(Cc1ccsc1)C1(N(C)C)CCCCCC1. The molecule has 1 saturated carbocycles. The van der Waals surface area contributed by atoms with Gasteiger partial charge in [0.05, 0.1) is 0 Å². The lowest BCUT2D eigenvalue weighted by Crippen LogP contribution is -2.59. The van der Waals surface area contributed by atoms with Crippen molar-refractivity contribution in [1.29, 1.82) is 0 Å². The predicted molar refractivity (Wildman–Crippen MR) is 94.2 cm³/mol. The minimum atomic E-state index is 0.327. The first-order valence-corrected chi connectivity index (χ1v) is 9.55. The summed E-state index contributed by atoms with van der Waals surface area (Å²) in [6.45, 7) is 3.40. The van der Waals surface area contributed by atoms with Crippen LogP contribution in [0, 0.1) is 0 Å². The van der Waals surface area contributed by atoms with Crippen LogP contribution in [0.3, 0.4) is 0 Å². The molecule has 3 heteroatoms. The average Bonchev–Trinajstić information content (AvgIpc) is 2.85. The highest BCUT2D eigenvalue weighted by molar-refractivity contribution is 7.07. The van der Waals surface area contributed by atoms with Gasteiger partial charge in [-0.25, -0.2) is 0 Å². The molecule has 2 nitrogen and oxygen atoms in total. The standard InChI is InChI=1S/C18H32N2S/c1-4-12-19-17(14-16-9-13-21-15-16)18(20(2)3)10-7-5-6-8-11-18/h9,13,15,17,19H,4-8,10-12,14H2,1-3H3. The molecule has 0 spiro atoms. The van der Waals surface area contributed by atoms with E-state index in [0.717, 1.165) is 6.54 Å². The Bertz CT molecular complexity index is 378. The van der Waals surface area contributed by atoms with Gasteiger partial charge in [0.1, 0.15) is 0 Å². The molecule has 1 aromatic heterocycles. The Balaban J connectivity index is 2.20. The van der Waals surface area contributed by atoms with Crippen molar-refractivity contribution in [2.75, 3.05) is 20.6 Å². The topological polar surface area (TPSA) is 15.3 Å². The number of nitrogens with zero attached hydrogens (tertiary/aromatic N) is 1. The van der Waals surface area contributed by atoms with E-state index in [1.165, 1.54) is 56.9 Å². The quantitative estimate of drug-likeness (QED) is 0.755. The molecule has 0 bridgehead atoms. The van der Waals surface area contributed by atoms with Gasteiger partial charge in [-0.1, -0.05) is 32.6 Å². The van der Waals surface area contributed by atoms with Crippen LogP contribution < -0.4 is 5.32 Å². The number of likely N-dealkylation sites (N-methyl/N-ethyl adjacent to an activating group) is 1. The van der Waals surface area contributed by atoms with Gasteiger partial charge in [0.15, 0.2) is 0 Å². The van der Waals surface area contributed by atoms with Gasteiger partial charge >= 0.3 is 0 Å². The summed E-state index contributed by atoms with van der Waals surface area (Å²) in [4.78, 5) is 2.53. The van der Waals surface area contributed by atoms with Crippen LogP contribution >= 0.6 is 11.3 Å². The summed E-state index contributed by atoms with van der Waals surface area (Å²) in [5, 5.41) is 8.42. The Kier molecular flexibility index (Phi) is 6.72. The van der Waals surface area contributed by atoms with Crippen molar-refractivity contribution in [1.82, 2.24) is 10.2 Å². The van der Waals surface area contributed by atoms with Gasteiger partial charge in [-0.15, -0.1) is 0 Å². The molecule has 21 heavy (non-hydrogen) atoms. The van der Waals surface area contributed by atoms with Gasteiger partial charge < -0.3 is 10.2 Å². The van der Waals surface area contributed by atoms with Crippen molar-refractivity contribution in [3.05, 3.63) is 22.4 Å². The Morgan fingerprint density at radius 3 is 2.48 bits per heavy atom. The van der Waals surface area contributed by atoms with E-state index in [9.17, 15) is 0 Å².